The highest BCUT2D eigenvalue weighted by atomic mass is 79.9. The predicted octanol–water partition coefficient (Wildman–Crippen LogP) is 2.04. The van der Waals surface area contributed by atoms with Crippen molar-refractivity contribution in [2.75, 3.05) is 31.5 Å². The normalized spacial score (nSPS) is 15.7. The maximum Gasteiger partial charge on any atom is 0.322 e. The van der Waals surface area contributed by atoms with Crippen LogP contribution < -0.4 is 10.6 Å². The van der Waals surface area contributed by atoms with E-state index >= 15 is 0 Å². The Bertz CT molecular complexity index is 635. The van der Waals surface area contributed by atoms with Crippen LogP contribution in [0.1, 0.15) is 20.3 Å². The Morgan fingerprint density at radius 1 is 1.24 bits per heavy atom. The Balaban J connectivity index is 1.84. The molecular weight excluding hydrogens is 388 g/mol. The molecule has 0 unspecified atom stereocenters. The molecule has 25 heavy (non-hydrogen) atoms. The van der Waals surface area contributed by atoms with Crippen LogP contribution in [0, 0.1) is 0 Å². The molecule has 0 aliphatic carbocycles. The molecule has 7 nitrogen and oxygen atoms in total. The van der Waals surface area contributed by atoms with Gasteiger partial charge in [0, 0.05) is 29.3 Å². The lowest BCUT2D eigenvalue weighted by atomic mass is 10.2. The summed E-state index contributed by atoms with van der Waals surface area (Å²) in [5.74, 6) is -0.396. The zero-order chi connectivity index (χ0) is 18.4. The number of urea groups is 1. The summed E-state index contributed by atoms with van der Waals surface area (Å²) in [7, 11) is 0. The van der Waals surface area contributed by atoms with Crippen molar-refractivity contribution in [2.45, 2.75) is 26.3 Å². The molecule has 1 aliphatic heterocycles. The van der Waals surface area contributed by atoms with Crippen LogP contribution in [-0.2, 0) is 9.59 Å². The third-order valence-corrected chi connectivity index (χ3v) is 4.58. The Kier molecular flexibility index (Phi) is 6.81. The largest absolute Gasteiger partial charge is 0.352 e. The van der Waals surface area contributed by atoms with E-state index < -0.39 is 0 Å². The van der Waals surface area contributed by atoms with Gasteiger partial charge in [0.05, 0.1) is 6.54 Å². The number of nitrogens with one attached hydrogen (secondary N) is 2. The topological polar surface area (TPSA) is 81.8 Å². The van der Waals surface area contributed by atoms with Crippen LogP contribution in [0.4, 0.5) is 10.5 Å². The number of amides is 4. The van der Waals surface area contributed by atoms with E-state index in [9.17, 15) is 14.4 Å². The van der Waals surface area contributed by atoms with Crippen molar-refractivity contribution < 1.29 is 14.4 Å². The second kappa shape index (κ2) is 8.84. The van der Waals surface area contributed by atoms with Crippen LogP contribution in [0.15, 0.2) is 28.7 Å². The first-order valence-electron chi connectivity index (χ1n) is 8.27. The number of carbonyl (C=O) groups excluding carboxylic acids is 3. The molecule has 1 aromatic rings. The molecular formula is C17H23BrN4O3. The molecule has 0 radical (unpaired) electrons. The van der Waals surface area contributed by atoms with Gasteiger partial charge in [-0.1, -0.05) is 22.9 Å². The number of carbonyl (C=O) groups is 3. The average molecular weight is 411 g/mol. The summed E-state index contributed by atoms with van der Waals surface area (Å²) in [6.07, 6.45) is 0.837. The first kappa shape index (κ1) is 19.2. The molecule has 2 rings (SSSR count). The third-order valence-electron chi connectivity index (χ3n) is 4.06. The number of anilines is 1. The molecule has 1 aliphatic rings. The molecule has 1 heterocycles. The summed E-state index contributed by atoms with van der Waals surface area (Å²) < 4.78 is 0.921. The summed E-state index contributed by atoms with van der Waals surface area (Å²) in [6.45, 7) is 4.65. The number of halogens is 1. The minimum atomic E-state index is -0.320. The maximum absolute atomic E-state index is 12.3. The van der Waals surface area contributed by atoms with Gasteiger partial charge in [0.2, 0.25) is 11.8 Å². The van der Waals surface area contributed by atoms with Gasteiger partial charge >= 0.3 is 6.03 Å². The fourth-order valence-electron chi connectivity index (χ4n) is 2.38. The van der Waals surface area contributed by atoms with E-state index in [1.54, 1.807) is 12.1 Å². The smallest absolute Gasteiger partial charge is 0.322 e. The number of piperazine rings is 1. The van der Waals surface area contributed by atoms with Crippen molar-refractivity contribution >= 4 is 39.5 Å². The summed E-state index contributed by atoms with van der Waals surface area (Å²) in [6, 6.07) is 6.97. The SMILES string of the molecule is CC[C@H](C)NC(=O)CN1CCN(C(=O)Nc2ccc(Br)cc2)CC1=O. The highest BCUT2D eigenvalue weighted by Gasteiger charge is 2.28. The molecule has 1 aromatic carbocycles. The van der Waals surface area contributed by atoms with Crippen molar-refractivity contribution in [3.8, 4) is 0 Å². The molecule has 8 heteroatoms. The van der Waals surface area contributed by atoms with Crippen molar-refractivity contribution in [2.24, 2.45) is 0 Å². The monoisotopic (exact) mass is 410 g/mol. The van der Waals surface area contributed by atoms with Crippen molar-refractivity contribution in [1.29, 1.82) is 0 Å². The summed E-state index contributed by atoms with van der Waals surface area (Å²) in [5, 5.41) is 5.60. The number of benzene rings is 1. The van der Waals surface area contributed by atoms with Crippen molar-refractivity contribution in [1.82, 2.24) is 15.1 Å². The van der Waals surface area contributed by atoms with Crippen LogP contribution in [-0.4, -0.2) is 59.9 Å². The van der Waals surface area contributed by atoms with E-state index in [1.165, 1.54) is 9.80 Å². The molecule has 0 aromatic heterocycles. The number of rotatable bonds is 5. The highest BCUT2D eigenvalue weighted by molar-refractivity contribution is 9.10. The lowest BCUT2D eigenvalue weighted by Crippen LogP contribution is -2.55. The number of nitrogens with zero attached hydrogens (tertiary/aromatic N) is 2. The molecule has 0 bridgehead atoms. The number of hydrogen-bond donors (Lipinski definition) is 2. The van der Waals surface area contributed by atoms with Gasteiger partial charge in [-0.25, -0.2) is 4.79 Å². The number of hydrogen-bond acceptors (Lipinski definition) is 3. The van der Waals surface area contributed by atoms with Gasteiger partial charge in [-0.15, -0.1) is 0 Å². The van der Waals surface area contributed by atoms with Gasteiger partial charge in [-0.2, -0.15) is 0 Å². The van der Waals surface area contributed by atoms with Gasteiger partial charge in [0.1, 0.15) is 6.54 Å². The van der Waals surface area contributed by atoms with E-state index in [0.29, 0.717) is 18.8 Å². The Morgan fingerprint density at radius 3 is 2.52 bits per heavy atom. The van der Waals surface area contributed by atoms with Crippen LogP contribution in [0.25, 0.3) is 0 Å². The standard InChI is InChI=1S/C17H23BrN4O3/c1-3-12(2)19-15(23)10-21-8-9-22(11-16(21)24)17(25)20-14-6-4-13(18)5-7-14/h4-7,12H,3,8-11H2,1-2H3,(H,19,23)(H,20,25)/t12-/m0/s1. The average Bonchev–Trinajstić information content (AvgIpc) is 2.58. The van der Waals surface area contributed by atoms with E-state index in [2.05, 4.69) is 26.6 Å². The fourth-order valence-corrected chi connectivity index (χ4v) is 2.64. The zero-order valence-electron chi connectivity index (χ0n) is 14.4. The lowest BCUT2D eigenvalue weighted by molar-refractivity contribution is -0.139. The summed E-state index contributed by atoms with van der Waals surface area (Å²) in [5.41, 5.74) is 0.663. The molecule has 136 valence electrons. The summed E-state index contributed by atoms with van der Waals surface area (Å²) in [4.78, 5) is 39.3. The van der Waals surface area contributed by atoms with Gasteiger partial charge in [0.25, 0.3) is 0 Å². The second-order valence-electron chi connectivity index (χ2n) is 6.05. The highest BCUT2D eigenvalue weighted by Crippen LogP contribution is 2.15. The van der Waals surface area contributed by atoms with Gasteiger partial charge in [-0.3, -0.25) is 9.59 Å². The molecule has 0 saturated carbocycles. The van der Waals surface area contributed by atoms with Crippen LogP contribution >= 0.6 is 15.9 Å². The van der Waals surface area contributed by atoms with Crippen LogP contribution in [0.3, 0.4) is 0 Å². The van der Waals surface area contributed by atoms with Crippen LogP contribution in [0.2, 0.25) is 0 Å². The van der Waals surface area contributed by atoms with Gasteiger partial charge in [-0.05, 0) is 37.6 Å². The lowest BCUT2D eigenvalue weighted by Gasteiger charge is -2.34. The van der Waals surface area contributed by atoms with E-state index in [1.807, 2.05) is 26.0 Å². The van der Waals surface area contributed by atoms with Crippen LogP contribution in [0.5, 0.6) is 0 Å². The maximum atomic E-state index is 12.3. The third kappa shape index (κ3) is 5.74. The first-order chi connectivity index (χ1) is 11.9. The molecule has 1 atom stereocenters. The zero-order valence-corrected chi connectivity index (χ0v) is 16.0. The minimum absolute atomic E-state index is 0.0288. The van der Waals surface area contributed by atoms with Crippen molar-refractivity contribution in [3.63, 3.8) is 0 Å². The van der Waals surface area contributed by atoms with Gasteiger partial charge in [0.15, 0.2) is 0 Å². The van der Waals surface area contributed by atoms with Crippen molar-refractivity contribution in [3.05, 3.63) is 28.7 Å². The van der Waals surface area contributed by atoms with E-state index in [0.717, 1.165) is 10.9 Å². The first-order valence-corrected chi connectivity index (χ1v) is 9.07. The Labute approximate surface area is 155 Å². The summed E-state index contributed by atoms with van der Waals surface area (Å²) >= 11 is 3.34. The minimum Gasteiger partial charge on any atom is -0.352 e. The van der Waals surface area contributed by atoms with Gasteiger partial charge < -0.3 is 20.4 Å². The quantitative estimate of drug-likeness (QED) is 0.778. The predicted molar refractivity (Wildman–Crippen MR) is 99.2 cm³/mol. The van der Waals surface area contributed by atoms with E-state index in [4.69, 9.17) is 0 Å². The molecule has 2 N–H and O–H groups in total. The Hall–Kier alpha value is -2.09. The molecule has 1 fully saturated rings. The molecule has 0 spiro atoms. The molecule has 1 saturated heterocycles. The Morgan fingerprint density at radius 2 is 1.92 bits per heavy atom. The second-order valence-corrected chi connectivity index (χ2v) is 6.97. The molecule has 4 amide bonds. The fraction of sp³-hybridized carbons (Fsp3) is 0.471. The van der Waals surface area contributed by atoms with E-state index in [-0.39, 0.29) is 37.0 Å².